The summed E-state index contributed by atoms with van der Waals surface area (Å²) in [5, 5.41) is 6.92. The number of fused-ring (bicyclic) bond motifs is 1. The van der Waals surface area contributed by atoms with E-state index in [4.69, 9.17) is 4.74 Å². The minimum absolute atomic E-state index is 0.483. The monoisotopic (exact) mass is 262 g/mol. The number of amides is 1. The van der Waals surface area contributed by atoms with Crippen molar-refractivity contribution in [2.75, 3.05) is 5.32 Å². The number of anilines is 1. The van der Waals surface area contributed by atoms with Gasteiger partial charge in [-0.2, -0.15) is 5.10 Å². The number of carbonyl (C=O) groups is 1. The third kappa shape index (κ3) is 3.21. The molecule has 6 heteroatoms. The van der Waals surface area contributed by atoms with Gasteiger partial charge in [0.05, 0.1) is 11.9 Å². The molecule has 102 valence electrons. The molecule has 0 aliphatic carbocycles. The van der Waals surface area contributed by atoms with Gasteiger partial charge in [-0.25, -0.2) is 14.3 Å². The molecule has 0 spiro atoms. The zero-order valence-corrected chi connectivity index (χ0v) is 11.8. The van der Waals surface area contributed by atoms with Crippen molar-refractivity contribution in [2.24, 2.45) is 0 Å². The van der Waals surface area contributed by atoms with E-state index < -0.39 is 11.7 Å². The van der Waals surface area contributed by atoms with E-state index in [2.05, 4.69) is 15.4 Å². The summed E-state index contributed by atoms with van der Waals surface area (Å²) < 4.78 is 6.85. The summed E-state index contributed by atoms with van der Waals surface area (Å²) in [7, 11) is 0. The minimum Gasteiger partial charge on any atom is -0.444 e. The first-order valence-electron chi connectivity index (χ1n) is 6.08. The molecule has 2 heterocycles. The second-order valence-electron chi connectivity index (χ2n) is 5.47. The Morgan fingerprint density at radius 1 is 1.37 bits per heavy atom. The van der Waals surface area contributed by atoms with E-state index in [1.807, 2.05) is 40.7 Å². The highest BCUT2D eigenvalue weighted by molar-refractivity contribution is 5.85. The number of hydrogen-bond acceptors (Lipinski definition) is 4. The van der Waals surface area contributed by atoms with Crippen molar-refractivity contribution in [3.8, 4) is 0 Å². The van der Waals surface area contributed by atoms with Crippen LogP contribution in [-0.2, 0) is 4.74 Å². The van der Waals surface area contributed by atoms with E-state index in [-0.39, 0.29) is 0 Å². The van der Waals surface area contributed by atoms with Gasteiger partial charge >= 0.3 is 6.09 Å². The van der Waals surface area contributed by atoms with Crippen LogP contribution < -0.4 is 5.32 Å². The Hall–Kier alpha value is -2.11. The Labute approximate surface area is 111 Å². The van der Waals surface area contributed by atoms with Gasteiger partial charge in [-0.3, -0.25) is 5.32 Å². The van der Waals surface area contributed by atoms with Crippen molar-refractivity contribution in [1.29, 1.82) is 0 Å². The number of hydrogen-bond donors (Lipinski definition) is 1. The number of nitrogens with one attached hydrogen (secondary N) is 1. The summed E-state index contributed by atoms with van der Waals surface area (Å²) in [5.74, 6) is 0.692. The molecule has 0 unspecified atom stereocenters. The Morgan fingerprint density at radius 3 is 2.68 bits per heavy atom. The lowest BCUT2D eigenvalue weighted by molar-refractivity contribution is 0.0636. The third-order valence-electron chi connectivity index (χ3n) is 2.37. The standard InChI is InChI=1S/C13H18N4O2/c1-8-6-10(15-12(18)19-13(3,4)5)7-17-11(8)14-9(2)16-17/h6-7H,1-5H3,(H,15,18). The van der Waals surface area contributed by atoms with Crippen LogP contribution in [0.25, 0.3) is 5.65 Å². The number of aryl methyl sites for hydroxylation is 2. The van der Waals surface area contributed by atoms with Gasteiger partial charge in [0.25, 0.3) is 0 Å². The first-order valence-corrected chi connectivity index (χ1v) is 6.08. The molecule has 0 saturated carbocycles. The maximum absolute atomic E-state index is 11.7. The van der Waals surface area contributed by atoms with E-state index in [1.165, 1.54) is 0 Å². The van der Waals surface area contributed by atoms with Gasteiger partial charge in [0.1, 0.15) is 11.4 Å². The molecule has 1 N–H and O–H groups in total. The number of carbonyl (C=O) groups excluding carboxylic acids is 1. The van der Waals surface area contributed by atoms with Gasteiger partial charge in [0, 0.05) is 0 Å². The Balaban J connectivity index is 2.24. The molecular formula is C13H18N4O2. The van der Waals surface area contributed by atoms with Crippen LogP contribution in [0.3, 0.4) is 0 Å². The van der Waals surface area contributed by atoms with Crippen molar-refractivity contribution in [3.05, 3.63) is 23.7 Å². The summed E-state index contributed by atoms with van der Waals surface area (Å²) in [6.45, 7) is 9.21. The molecule has 0 bridgehead atoms. The highest BCUT2D eigenvalue weighted by Crippen LogP contribution is 2.16. The average molecular weight is 262 g/mol. The Morgan fingerprint density at radius 2 is 2.05 bits per heavy atom. The number of pyridine rings is 1. The van der Waals surface area contributed by atoms with Crippen molar-refractivity contribution in [1.82, 2.24) is 14.6 Å². The molecule has 0 aromatic carbocycles. The molecule has 0 atom stereocenters. The maximum Gasteiger partial charge on any atom is 0.412 e. The summed E-state index contributed by atoms with van der Waals surface area (Å²) in [6.07, 6.45) is 1.23. The number of ether oxygens (including phenoxy) is 1. The molecule has 0 aliphatic rings. The number of aromatic nitrogens is 3. The van der Waals surface area contributed by atoms with E-state index in [9.17, 15) is 4.79 Å². The predicted molar refractivity (Wildman–Crippen MR) is 72.3 cm³/mol. The van der Waals surface area contributed by atoms with Crippen molar-refractivity contribution in [3.63, 3.8) is 0 Å². The fourth-order valence-corrected chi connectivity index (χ4v) is 1.75. The van der Waals surface area contributed by atoms with Crippen molar-refractivity contribution < 1.29 is 9.53 Å². The molecule has 0 saturated heterocycles. The van der Waals surface area contributed by atoms with Gasteiger partial charge in [-0.15, -0.1) is 0 Å². The fraction of sp³-hybridized carbons (Fsp3) is 0.462. The molecule has 0 aliphatic heterocycles. The van der Waals surface area contributed by atoms with Gasteiger partial charge < -0.3 is 4.74 Å². The summed E-state index contributed by atoms with van der Waals surface area (Å²) in [4.78, 5) is 16.0. The molecule has 0 fully saturated rings. The van der Waals surface area contributed by atoms with Crippen LogP contribution in [0.2, 0.25) is 0 Å². The van der Waals surface area contributed by atoms with E-state index in [0.29, 0.717) is 11.5 Å². The second-order valence-corrected chi connectivity index (χ2v) is 5.47. The van der Waals surface area contributed by atoms with Crippen LogP contribution in [0.4, 0.5) is 10.5 Å². The third-order valence-corrected chi connectivity index (χ3v) is 2.37. The molecule has 2 aromatic heterocycles. The molecule has 0 radical (unpaired) electrons. The van der Waals surface area contributed by atoms with Gasteiger partial charge in [-0.1, -0.05) is 0 Å². The lowest BCUT2D eigenvalue weighted by Gasteiger charge is -2.19. The maximum atomic E-state index is 11.7. The highest BCUT2D eigenvalue weighted by Gasteiger charge is 2.16. The molecule has 19 heavy (non-hydrogen) atoms. The molecule has 1 amide bonds. The minimum atomic E-state index is -0.521. The highest BCUT2D eigenvalue weighted by atomic mass is 16.6. The zero-order chi connectivity index (χ0) is 14.2. The fourth-order valence-electron chi connectivity index (χ4n) is 1.75. The van der Waals surface area contributed by atoms with Gasteiger partial charge in [-0.05, 0) is 46.2 Å². The summed E-state index contributed by atoms with van der Waals surface area (Å²) in [6, 6.07) is 1.84. The number of nitrogens with zero attached hydrogens (tertiary/aromatic N) is 3. The van der Waals surface area contributed by atoms with Crippen LogP contribution in [0.1, 0.15) is 32.2 Å². The topological polar surface area (TPSA) is 68.5 Å². The van der Waals surface area contributed by atoms with E-state index in [1.54, 1.807) is 10.7 Å². The van der Waals surface area contributed by atoms with Crippen molar-refractivity contribution in [2.45, 2.75) is 40.2 Å². The molecule has 2 rings (SSSR count). The quantitative estimate of drug-likeness (QED) is 0.858. The predicted octanol–water partition coefficient (Wildman–Crippen LogP) is 2.69. The smallest absolute Gasteiger partial charge is 0.412 e. The summed E-state index contributed by atoms with van der Waals surface area (Å²) in [5.41, 5.74) is 1.83. The first kappa shape index (κ1) is 13.3. The number of rotatable bonds is 1. The van der Waals surface area contributed by atoms with Crippen LogP contribution in [0, 0.1) is 13.8 Å². The first-order chi connectivity index (χ1) is 8.74. The Kier molecular flexibility index (Phi) is 3.18. The largest absolute Gasteiger partial charge is 0.444 e. The normalized spacial score (nSPS) is 11.6. The van der Waals surface area contributed by atoms with Crippen LogP contribution in [-0.4, -0.2) is 26.3 Å². The summed E-state index contributed by atoms with van der Waals surface area (Å²) >= 11 is 0. The molecule has 2 aromatic rings. The van der Waals surface area contributed by atoms with Gasteiger partial charge in [0.2, 0.25) is 0 Å². The van der Waals surface area contributed by atoms with E-state index >= 15 is 0 Å². The lowest BCUT2D eigenvalue weighted by atomic mass is 10.2. The van der Waals surface area contributed by atoms with Crippen LogP contribution in [0.15, 0.2) is 12.3 Å². The molecular weight excluding hydrogens is 244 g/mol. The second kappa shape index (κ2) is 4.53. The van der Waals surface area contributed by atoms with Crippen LogP contribution in [0.5, 0.6) is 0 Å². The average Bonchev–Trinajstić information content (AvgIpc) is 2.55. The van der Waals surface area contributed by atoms with E-state index in [0.717, 1.165) is 11.2 Å². The van der Waals surface area contributed by atoms with Gasteiger partial charge in [0.15, 0.2) is 5.65 Å². The SMILES string of the molecule is Cc1nc2c(C)cc(NC(=O)OC(C)(C)C)cn2n1. The lowest BCUT2D eigenvalue weighted by Crippen LogP contribution is -2.27. The zero-order valence-electron chi connectivity index (χ0n) is 11.8. The molecule has 6 nitrogen and oxygen atoms in total. The Bertz CT molecular complexity index is 625. The van der Waals surface area contributed by atoms with Crippen molar-refractivity contribution >= 4 is 17.4 Å². The van der Waals surface area contributed by atoms with Crippen LogP contribution >= 0.6 is 0 Å².